The van der Waals surface area contributed by atoms with Gasteiger partial charge in [0.05, 0.1) is 24.2 Å². The molecule has 0 aliphatic carbocycles. The first-order valence-corrected chi connectivity index (χ1v) is 8.93. The highest BCUT2D eigenvalue weighted by molar-refractivity contribution is 5.72. The second-order valence-corrected chi connectivity index (χ2v) is 7.06. The molecule has 27 heavy (non-hydrogen) atoms. The van der Waals surface area contributed by atoms with Gasteiger partial charge in [0.2, 0.25) is 0 Å². The lowest BCUT2D eigenvalue weighted by Crippen LogP contribution is -2.37. The summed E-state index contributed by atoms with van der Waals surface area (Å²) in [5, 5.41) is 15.3. The molecule has 3 rings (SSSR count). The molecular formula is C19H24N4O4. The number of ether oxygens (including phenoxy) is 1. The SMILES string of the molecule is CC(C)OC(=O)N[C@@H]1C[C@H](C)Nc2ccc(-c3cn(CC(=O)O)cn3)cc21. The number of carboxylic acid groups (broad SMARTS) is 1. The number of benzene rings is 1. The number of alkyl carbamates (subject to hydrolysis) is 1. The van der Waals surface area contributed by atoms with E-state index < -0.39 is 12.1 Å². The minimum Gasteiger partial charge on any atom is -0.480 e. The van der Waals surface area contributed by atoms with Crippen molar-refractivity contribution < 1.29 is 19.4 Å². The number of carbonyl (C=O) groups is 2. The van der Waals surface area contributed by atoms with Crippen molar-refractivity contribution in [1.82, 2.24) is 14.9 Å². The lowest BCUT2D eigenvalue weighted by molar-refractivity contribution is -0.137. The maximum atomic E-state index is 12.1. The van der Waals surface area contributed by atoms with Gasteiger partial charge in [-0.3, -0.25) is 4.79 Å². The molecule has 0 saturated carbocycles. The Bertz CT molecular complexity index is 846. The number of fused-ring (bicyclic) bond motifs is 1. The Labute approximate surface area is 157 Å². The summed E-state index contributed by atoms with van der Waals surface area (Å²) in [4.78, 5) is 27.2. The zero-order chi connectivity index (χ0) is 19.6. The van der Waals surface area contributed by atoms with E-state index in [1.165, 1.54) is 10.9 Å². The summed E-state index contributed by atoms with van der Waals surface area (Å²) in [6.45, 7) is 5.55. The first-order chi connectivity index (χ1) is 12.8. The fourth-order valence-corrected chi connectivity index (χ4v) is 3.23. The zero-order valence-electron chi connectivity index (χ0n) is 15.6. The third kappa shape index (κ3) is 4.58. The highest BCUT2D eigenvalue weighted by atomic mass is 16.6. The highest BCUT2D eigenvalue weighted by Gasteiger charge is 2.27. The minimum atomic E-state index is -0.921. The quantitative estimate of drug-likeness (QED) is 0.745. The number of hydrogen-bond acceptors (Lipinski definition) is 5. The third-order valence-corrected chi connectivity index (χ3v) is 4.30. The predicted molar refractivity (Wildman–Crippen MR) is 100 cm³/mol. The van der Waals surface area contributed by atoms with Gasteiger partial charge in [-0.2, -0.15) is 0 Å². The van der Waals surface area contributed by atoms with Gasteiger partial charge < -0.3 is 25.0 Å². The number of hydrogen-bond donors (Lipinski definition) is 3. The number of rotatable bonds is 5. The molecule has 1 aromatic carbocycles. The molecule has 0 saturated heterocycles. The van der Waals surface area contributed by atoms with Crippen LogP contribution in [-0.2, 0) is 16.1 Å². The molecule has 3 N–H and O–H groups in total. The number of imidazole rings is 1. The highest BCUT2D eigenvalue weighted by Crippen LogP contribution is 2.35. The molecule has 0 bridgehead atoms. The topological polar surface area (TPSA) is 105 Å². The van der Waals surface area contributed by atoms with Crippen molar-refractivity contribution in [3.05, 3.63) is 36.3 Å². The molecule has 0 fully saturated rings. The number of carbonyl (C=O) groups excluding carboxylic acids is 1. The van der Waals surface area contributed by atoms with E-state index in [4.69, 9.17) is 9.84 Å². The summed E-state index contributed by atoms with van der Waals surface area (Å²) in [6.07, 6.45) is 3.31. The van der Waals surface area contributed by atoms with Gasteiger partial charge in [-0.05, 0) is 44.9 Å². The average Bonchev–Trinajstić information content (AvgIpc) is 3.01. The van der Waals surface area contributed by atoms with Gasteiger partial charge in [-0.15, -0.1) is 0 Å². The van der Waals surface area contributed by atoms with Crippen LogP contribution in [0.4, 0.5) is 10.5 Å². The Hall–Kier alpha value is -3.03. The largest absolute Gasteiger partial charge is 0.480 e. The van der Waals surface area contributed by atoms with Crippen molar-refractivity contribution in [2.24, 2.45) is 0 Å². The van der Waals surface area contributed by atoms with Gasteiger partial charge in [-0.1, -0.05) is 6.07 Å². The molecule has 2 aromatic rings. The average molecular weight is 372 g/mol. The van der Waals surface area contributed by atoms with Crippen LogP contribution in [0.3, 0.4) is 0 Å². The molecule has 2 heterocycles. The van der Waals surface area contributed by atoms with Gasteiger partial charge in [0.15, 0.2) is 0 Å². The summed E-state index contributed by atoms with van der Waals surface area (Å²) in [7, 11) is 0. The lowest BCUT2D eigenvalue weighted by atomic mass is 9.92. The normalized spacial score (nSPS) is 18.5. The second-order valence-electron chi connectivity index (χ2n) is 7.06. The van der Waals surface area contributed by atoms with Crippen molar-refractivity contribution in [1.29, 1.82) is 0 Å². The molecular weight excluding hydrogens is 348 g/mol. The summed E-state index contributed by atoms with van der Waals surface area (Å²) in [5.74, 6) is -0.921. The van der Waals surface area contributed by atoms with E-state index >= 15 is 0 Å². The summed E-state index contributed by atoms with van der Waals surface area (Å²) < 4.78 is 6.74. The molecule has 1 aliphatic heterocycles. The maximum Gasteiger partial charge on any atom is 0.407 e. The third-order valence-electron chi connectivity index (χ3n) is 4.30. The number of anilines is 1. The first kappa shape index (κ1) is 18.8. The van der Waals surface area contributed by atoms with E-state index in [1.807, 2.05) is 32.0 Å². The van der Waals surface area contributed by atoms with Gasteiger partial charge in [-0.25, -0.2) is 9.78 Å². The minimum absolute atomic E-state index is 0.137. The fourth-order valence-electron chi connectivity index (χ4n) is 3.23. The van der Waals surface area contributed by atoms with Gasteiger partial charge >= 0.3 is 12.1 Å². The lowest BCUT2D eigenvalue weighted by Gasteiger charge is -2.32. The van der Waals surface area contributed by atoms with Crippen LogP contribution in [0, 0.1) is 0 Å². The molecule has 144 valence electrons. The van der Waals surface area contributed by atoms with Gasteiger partial charge in [0.25, 0.3) is 0 Å². The van der Waals surface area contributed by atoms with Crippen LogP contribution in [0.15, 0.2) is 30.7 Å². The van der Waals surface area contributed by atoms with Crippen molar-refractivity contribution in [3.8, 4) is 11.3 Å². The van der Waals surface area contributed by atoms with Crippen molar-refractivity contribution in [2.45, 2.75) is 51.9 Å². The van der Waals surface area contributed by atoms with Gasteiger partial charge in [0.1, 0.15) is 6.54 Å². The molecule has 8 heteroatoms. The van der Waals surface area contributed by atoms with Crippen LogP contribution in [0.25, 0.3) is 11.3 Å². The molecule has 1 aliphatic rings. The molecule has 1 amide bonds. The molecule has 0 radical (unpaired) electrons. The van der Waals surface area contributed by atoms with E-state index in [0.29, 0.717) is 5.69 Å². The van der Waals surface area contributed by atoms with E-state index in [0.717, 1.165) is 23.2 Å². The van der Waals surface area contributed by atoms with Crippen molar-refractivity contribution in [3.63, 3.8) is 0 Å². The van der Waals surface area contributed by atoms with E-state index in [1.54, 1.807) is 6.20 Å². The van der Waals surface area contributed by atoms with Crippen LogP contribution in [0.2, 0.25) is 0 Å². The van der Waals surface area contributed by atoms with Crippen LogP contribution in [0.1, 0.15) is 38.8 Å². The van der Waals surface area contributed by atoms with E-state index in [2.05, 4.69) is 22.5 Å². The standard InChI is InChI=1S/C19H24N4O4/c1-11(2)27-19(26)22-16-6-12(3)21-15-5-4-13(7-14(15)16)17-8-23(10-20-17)9-18(24)25/h4-5,7-8,10-12,16,21H,6,9H2,1-3H3,(H,22,26)(H,24,25)/t12-,16+/m0/s1. The first-order valence-electron chi connectivity index (χ1n) is 8.93. The smallest absolute Gasteiger partial charge is 0.407 e. The Kier molecular flexibility index (Phi) is 5.34. The zero-order valence-corrected chi connectivity index (χ0v) is 15.6. The number of nitrogens with zero attached hydrogens (tertiary/aromatic N) is 2. The molecule has 0 spiro atoms. The molecule has 8 nitrogen and oxygen atoms in total. The van der Waals surface area contributed by atoms with Gasteiger partial charge in [0, 0.05) is 23.5 Å². The number of aliphatic carboxylic acids is 1. The summed E-state index contributed by atoms with van der Waals surface area (Å²) >= 11 is 0. The van der Waals surface area contributed by atoms with Crippen LogP contribution < -0.4 is 10.6 Å². The van der Waals surface area contributed by atoms with Crippen LogP contribution >= 0.6 is 0 Å². The van der Waals surface area contributed by atoms with Crippen LogP contribution in [0.5, 0.6) is 0 Å². The molecule has 2 atom stereocenters. The van der Waals surface area contributed by atoms with Crippen molar-refractivity contribution >= 4 is 17.7 Å². The Morgan fingerprint density at radius 3 is 2.93 bits per heavy atom. The van der Waals surface area contributed by atoms with Crippen LogP contribution in [-0.4, -0.2) is 38.9 Å². The number of carboxylic acids is 1. The fraction of sp³-hybridized carbons (Fsp3) is 0.421. The van der Waals surface area contributed by atoms with E-state index in [9.17, 15) is 9.59 Å². The number of amides is 1. The second kappa shape index (κ2) is 7.69. The Morgan fingerprint density at radius 2 is 2.22 bits per heavy atom. The maximum absolute atomic E-state index is 12.1. The predicted octanol–water partition coefficient (Wildman–Crippen LogP) is 3.01. The molecule has 0 unspecified atom stereocenters. The molecule has 1 aromatic heterocycles. The number of aromatic nitrogens is 2. The summed E-state index contributed by atoms with van der Waals surface area (Å²) in [5.41, 5.74) is 3.45. The van der Waals surface area contributed by atoms with E-state index in [-0.39, 0.29) is 24.7 Å². The monoisotopic (exact) mass is 372 g/mol. The summed E-state index contributed by atoms with van der Waals surface area (Å²) in [6, 6.07) is 5.90. The Morgan fingerprint density at radius 1 is 1.44 bits per heavy atom. The number of nitrogens with one attached hydrogen (secondary N) is 2. The van der Waals surface area contributed by atoms with Crippen molar-refractivity contribution in [2.75, 3.05) is 5.32 Å². The Balaban J connectivity index is 1.86.